The molecule has 156 valence electrons. The first-order valence-electron chi connectivity index (χ1n) is 9.35. The minimum absolute atomic E-state index is 0.335. The van der Waals surface area contributed by atoms with Gasteiger partial charge in [-0.05, 0) is 41.8 Å². The molecule has 0 aliphatic heterocycles. The van der Waals surface area contributed by atoms with Gasteiger partial charge < -0.3 is 9.47 Å². The maximum Gasteiger partial charge on any atom is 0.280 e. The highest BCUT2D eigenvalue weighted by molar-refractivity contribution is 6.32. The molecule has 0 aliphatic rings. The average Bonchev–Trinajstić information content (AvgIpc) is 2.73. The number of halogens is 1. The summed E-state index contributed by atoms with van der Waals surface area (Å²) >= 11 is 6.32. The molecule has 8 heteroatoms. The van der Waals surface area contributed by atoms with Gasteiger partial charge >= 0.3 is 0 Å². The number of carbonyl (C=O) groups is 1. The van der Waals surface area contributed by atoms with Gasteiger partial charge in [-0.15, -0.1) is 0 Å². The van der Waals surface area contributed by atoms with Crippen LogP contribution >= 0.6 is 11.6 Å². The molecule has 0 saturated heterocycles. The van der Waals surface area contributed by atoms with E-state index in [0.717, 1.165) is 4.68 Å². The number of benzene rings is 2. The van der Waals surface area contributed by atoms with Crippen molar-refractivity contribution in [2.24, 2.45) is 5.92 Å². The smallest absolute Gasteiger partial charge is 0.280 e. The number of rotatable bonds is 7. The van der Waals surface area contributed by atoms with Crippen molar-refractivity contribution in [1.82, 2.24) is 9.66 Å². The summed E-state index contributed by atoms with van der Waals surface area (Å²) in [6, 6.07) is 10.3. The molecule has 0 radical (unpaired) electrons. The van der Waals surface area contributed by atoms with Crippen LogP contribution in [0.2, 0.25) is 5.02 Å². The summed E-state index contributed by atoms with van der Waals surface area (Å²) < 4.78 is 12.1. The molecule has 1 aromatic heterocycles. The van der Waals surface area contributed by atoms with E-state index < -0.39 is 5.91 Å². The zero-order chi connectivity index (χ0) is 21.7. The third kappa shape index (κ3) is 4.99. The van der Waals surface area contributed by atoms with Crippen LogP contribution < -0.4 is 20.5 Å². The van der Waals surface area contributed by atoms with Crippen LogP contribution in [0.25, 0.3) is 17.0 Å². The predicted molar refractivity (Wildman–Crippen MR) is 118 cm³/mol. The molecule has 0 aliphatic carbocycles. The Hall–Kier alpha value is -3.32. The Morgan fingerprint density at radius 3 is 2.80 bits per heavy atom. The molecular formula is C22H22ClN3O4. The first kappa shape index (κ1) is 21.4. The highest BCUT2D eigenvalue weighted by Gasteiger charge is 2.12. The fraction of sp³-hybridized carbons (Fsp3) is 0.227. The molecule has 1 amide bonds. The Morgan fingerprint density at radius 1 is 1.30 bits per heavy atom. The summed E-state index contributed by atoms with van der Waals surface area (Å²) in [7, 11) is 1.52. The minimum Gasteiger partial charge on any atom is -0.493 e. The van der Waals surface area contributed by atoms with Gasteiger partial charge in [0, 0.05) is 6.08 Å². The molecule has 0 bridgehead atoms. The zero-order valence-electron chi connectivity index (χ0n) is 16.9. The van der Waals surface area contributed by atoms with E-state index in [1.54, 1.807) is 42.5 Å². The average molecular weight is 428 g/mol. The lowest BCUT2D eigenvalue weighted by molar-refractivity contribution is -0.112. The maximum absolute atomic E-state index is 12.4. The number of ether oxygens (including phenoxy) is 2. The van der Waals surface area contributed by atoms with Crippen LogP contribution in [0.5, 0.6) is 11.5 Å². The Bertz CT molecular complexity index is 1150. The SMILES string of the molecule is COc1cc(/C=C/C(=O)Nn2cnc3ccccc3c2=O)cc(Cl)c1OCC(C)C. The first-order chi connectivity index (χ1) is 14.4. The maximum atomic E-state index is 12.4. The summed E-state index contributed by atoms with van der Waals surface area (Å²) in [6.45, 7) is 4.57. The van der Waals surface area contributed by atoms with Crippen LogP contribution in [0.1, 0.15) is 19.4 Å². The lowest BCUT2D eigenvalue weighted by Gasteiger charge is -2.14. The van der Waals surface area contributed by atoms with Crippen LogP contribution in [0.4, 0.5) is 0 Å². The van der Waals surface area contributed by atoms with Gasteiger partial charge in [-0.3, -0.25) is 15.0 Å². The van der Waals surface area contributed by atoms with Crippen molar-refractivity contribution in [3.8, 4) is 11.5 Å². The van der Waals surface area contributed by atoms with Gasteiger partial charge in [-0.25, -0.2) is 9.66 Å². The van der Waals surface area contributed by atoms with Crippen molar-refractivity contribution in [2.75, 3.05) is 19.1 Å². The number of hydrogen-bond donors (Lipinski definition) is 1. The van der Waals surface area contributed by atoms with Crippen molar-refractivity contribution < 1.29 is 14.3 Å². The molecule has 2 aromatic carbocycles. The second-order valence-electron chi connectivity index (χ2n) is 6.99. The normalized spacial score (nSPS) is 11.2. The van der Waals surface area contributed by atoms with E-state index in [-0.39, 0.29) is 5.56 Å². The molecule has 0 unspecified atom stereocenters. The molecule has 1 heterocycles. The van der Waals surface area contributed by atoms with Gasteiger partial charge in [0.25, 0.3) is 11.5 Å². The quantitative estimate of drug-likeness (QED) is 0.578. The standard InChI is InChI=1S/C22H22ClN3O4/c1-14(2)12-30-21-17(23)10-15(11-19(21)29-3)8-9-20(27)25-26-13-24-18-7-5-4-6-16(18)22(26)28/h4-11,13-14H,12H2,1-3H3,(H,25,27)/b9-8+. The van der Waals surface area contributed by atoms with Crippen LogP contribution in [-0.4, -0.2) is 29.3 Å². The van der Waals surface area contributed by atoms with Crippen LogP contribution in [0.15, 0.2) is 53.6 Å². The second-order valence-corrected chi connectivity index (χ2v) is 7.39. The first-order valence-corrected chi connectivity index (χ1v) is 9.72. The lowest BCUT2D eigenvalue weighted by Crippen LogP contribution is -2.32. The zero-order valence-corrected chi connectivity index (χ0v) is 17.6. The van der Waals surface area contributed by atoms with Gasteiger partial charge in [0.1, 0.15) is 6.33 Å². The molecule has 1 N–H and O–H groups in total. The van der Waals surface area contributed by atoms with E-state index in [1.165, 1.54) is 19.5 Å². The summed E-state index contributed by atoms with van der Waals surface area (Å²) in [5.41, 5.74) is 3.33. The number of nitrogens with zero attached hydrogens (tertiary/aromatic N) is 2. The Kier molecular flexibility index (Phi) is 6.74. The number of hydrogen-bond acceptors (Lipinski definition) is 5. The topological polar surface area (TPSA) is 82.5 Å². The highest BCUT2D eigenvalue weighted by atomic mass is 35.5. The van der Waals surface area contributed by atoms with Crippen molar-refractivity contribution in [3.63, 3.8) is 0 Å². The third-order valence-electron chi connectivity index (χ3n) is 4.14. The second kappa shape index (κ2) is 9.45. The molecule has 7 nitrogen and oxygen atoms in total. The van der Waals surface area contributed by atoms with E-state index in [0.29, 0.717) is 45.5 Å². The van der Waals surface area contributed by atoms with Crippen molar-refractivity contribution in [1.29, 1.82) is 0 Å². The summed E-state index contributed by atoms with van der Waals surface area (Å²) in [6.07, 6.45) is 4.13. The van der Waals surface area contributed by atoms with Crippen LogP contribution in [-0.2, 0) is 4.79 Å². The van der Waals surface area contributed by atoms with Crippen molar-refractivity contribution in [2.45, 2.75) is 13.8 Å². The Labute approximate surface area is 178 Å². The number of para-hydroxylation sites is 1. The van der Waals surface area contributed by atoms with E-state index in [1.807, 2.05) is 13.8 Å². The molecule has 0 atom stereocenters. The number of fused-ring (bicyclic) bond motifs is 1. The van der Waals surface area contributed by atoms with Gasteiger partial charge in [0.05, 0.1) is 29.6 Å². The Morgan fingerprint density at radius 2 is 2.07 bits per heavy atom. The number of nitrogens with one attached hydrogen (secondary N) is 1. The molecule has 3 aromatic rings. The monoisotopic (exact) mass is 427 g/mol. The van der Waals surface area contributed by atoms with Crippen LogP contribution in [0.3, 0.4) is 0 Å². The van der Waals surface area contributed by atoms with Crippen molar-refractivity contribution >= 4 is 34.5 Å². The Balaban J connectivity index is 1.77. The van der Waals surface area contributed by atoms with E-state index in [9.17, 15) is 9.59 Å². The molecule has 0 saturated carbocycles. The van der Waals surface area contributed by atoms with Crippen LogP contribution in [0, 0.1) is 5.92 Å². The number of amides is 1. The van der Waals surface area contributed by atoms with E-state index in [4.69, 9.17) is 21.1 Å². The largest absolute Gasteiger partial charge is 0.493 e. The third-order valence-corrected chi connectivity index (χ3v) is 4.42. The molecule has 0 spiro atoms. The molecule has 30 heavy (non-hydrogen) atoms. The molecule has 3 rings (SSSR count). The molecule has 0 fully saturated rings. The van der Waals surface area contributed by atoms with E-state index >= 15 is 0 Å². The van der Waals surface area contributed by atoms with Gasteiger partial charge in [0.15, 0.2) is 11.5 Å². The highest BCUT2D eigenvalue weighted by Crippen LogP contribution is 2.37. The number of methoxy groups -OCH3 is 1. The minimum atomic E-state index is -0.496. The van der Waals surface area contributed by atoms with Gasteiger partial charge in [-0.2, -0.15) is 0 Å². The summed E-state index contributed by atoms with van der Waals surface area (Å²) in [5.74, 6) is 0.771. The molecular weight excluding hydrogens is 406 g/mol. The van der Waals surface area contributed by atoms with Gasteiger partial charge in [-0.1, -0.05) is 37.6 Å². The summed E-state index contributed by atoms with van der Waals surface area (Å²) in [4.78, 5) is 28.9. The fourth-order valence-electron chi connectivity index (χ4n) is 2.70. The van der Waals surface area contributed by atoms with Crippen molar-refractivity contribution in [3.05, 3.63) is 69.7 Å². The number of carbonyl (C=O) groups excluding carboxylic acids is 1. The number of aromatic nitrogens is 2. The summed E-state index contributed by atoms with van der Waals surface area (Å²) in [5, 5.41) is 0.794. The van der Waals surface area contributed by atoms with E-state index in [2.05, 4.69) is 10.4 Å². The van der Waals surface area contributed by atoms with Gasteiger partial charge in [0.2, 0.25) is 0 Å². The fourth-order valence-corrected chi connectivity index (χ4v) is 2.98. The predicted octanol–water partition coefficient (Wildman–Crippen LogP) is 3.88. The lowest BCUT2D eigenvalue weighted by atomic mass is 10.1.